The third kappa shape index (κ3) is 3.13. The van der Waals surface area contributed by atoms with Crippen LogP contribution in [0.25, 0.3) is 0 Å². The van der Waals surface area contributed by atoms with E-state index >= 15 is 0 Å². The van der Waals surface area contributed by atoms with Gasteiger partial charge >= 0.3 is 0 Å². The second-order valence-corrected chi connectivity index (χ2v) is 3.46. The summed E-state index contributed by atoms with van der Waals surface area (Å²) >= 11 is 0. The number of hydrogen-bond acceptors (Lipinski definition) is 2. The van der Waals surface area contributed by atoms with E-state index in [0.29, 0.717) is 18.4 Å². The molecule has 0 radical (unpaired) electrons. The maximum absolute atomic E-state index is 13.3. The summed E-state index contributed by atoms with van der Waals surface area (Å²) in [6.07, 6.45) is 0.885. The molecule has 3 heteroatoms. The zero-order valence-electron chi connectivity index (χ0n) is 9.09. The van der Waals surface area contributed by atoms with E-state index in [1.807, 2.05) is 6.92 Å². The first-order chi connectivity index (χ1) is 7.19. The van der Waals surface area contributed by atoms with Gasteiger partial charge in [-0.15, -0.1) is 0 Å². The van der Waals surface area contributed by atoms with Gasteiger partial charge in [0.1, 0.15) is 11.6 Å². The van der Waals surface area contributed by atoms with Gasteiger partial charge in [0.15, 0.2) is 0 Å². The largest absolute Gasteiger partial charge is 0.310 e. The van der Waals surface area contributed by atoms with E-state index in [2.05, 4.69) is 5.32 Å². The van der Waals surface area contributed by atoms with E-state index < -0.39 is 0 Å². The molecular formula is C12H16FNO. The summed E-state index contributed by atoms with van der Waals surface area (Å²) in [5.74, 6) is -0.137. The second kappa shape index (κ2) is 5.61. The van der Waals surface area contributed by atoms with Gasteiger partial charge < -0.3 is 5.32 Å². The molecule has 0 aromatic heterocycles. The minimum Gasteiger partial charge on any atom is -0.310 e. The van der Waals surface area contributed by atoms with Crippen LogP contribution in [0.5, 0.6) is 0 Å². The molecule has 82 valence electrons. The normalized spacial score (nSPS) is 12.5. The van der Waals surface area contributed by atoms with Gasteiger partial charge in [-0.1, -0.05) is 25.1 Å². The zero-order chi connectivity index (χ0) is 11.3. The van der Waals surface area contributed by atoms with Crippen molar-refractivity contribution in [2.75, 3.05) is 7.05 Å². The van der Waals surface area contributed by atoms with Crippen molar-refractivity contribution < 1.29 is 9.18 Å². The molecule has 0 saturated heterocycles. The molecule has 1 aromatic carbocycles. The average Bonchev–Trinajstić information content (AvgIpc) is 2.27. The molecule has 0 heterocycles. The number of likely N-dealkylation sites (N-methyl/N-ethyl adjacent to an activating group) is 1. The van der Waals surface area contributed by atoms with Crippen molar-refractivity contribution in [3.8, 4) is 0 Å². The molecule has 0 saturated carbocycles. The number of carbonyl (C=O) groups excluding carboxylic acids is 1. The lowest BCUT2D eigenvalue weighted by molar-refractivity contribution is -0.120. The highest BCUT2D eigenvalue weighted by Crippen LogP contribution is 2.10. The lowest BCUT2D eigenvalue weighted by atomic mass is 10.0. The Kier molecular flexibility index (Phi) is 4.43. The predicted molar refractivity (Wildman–Crippen MR) is 58.2 cm³/mol. The molecule has 0 spiro atoms. The monoisotopic (exact) mass is 209 g/mol. The van der Waals surface area contributed by atoms with Crippen molar-refractivity contribution in [1.29, 1.82) is 0 Å². The van der Waals surface area contributed by atoms with Gasteiger partial charge in [0.2, 0.25) is 0 Å². The fourth-order valence-electron chi connectivity index (χ4n) is 1.51. The molecule has 0 fully saturated rings. The summed E-state index contributed by atoms with van der Waals surface area (Å²) in [6.45, 7) is 1.81. The Hall–Kier alpha value is -1.22. The molecule has 1 unspecified atom stereocenters. The number of hydrogen-bond donors (Lipinski definition) is 1. The quantitative estimate of drug-likeness (QED) is 0.803. The van der Waals surface area contributed by atoms with Crippen molar-refractivity contribution in [1.82, 2.24) is 5.32 Å². The molecule has 15 heavy (non-hydrogen) atoms. The van der Waals surface area contributed by atoms with Crippen molar-refractivity contribution in [3.05, 3.63) is 35.6 Å². The molecule has 0 bridgehead atoms. The Balaban J connectivity index is 2.75. The van der Waals surface area contributed by atoms with Crippen LogP contribution < -0.4 is 5.32 Å². The number of rotatable bonds is 5. The van der Waals surface area contributed by atoms with Gasteiger partial charge in [-0.25, -0.2) is 4.39 Å². The van der Waals surface area contributed by atoms with E-state index in [9.17, 15) is 9.18 Å². The van der Waals surface area contributed by atoms with E-state index in [0.717, 1.165) is 0 Å². The highest BCUT2D eigenvalue weighted by molar-refractivity contribution is 5.83. The Morgan fingerprint density at radius 1 is 1.47 bits per heavy atom. The number of Topliss-reactive ketones (excluding diaryl/α,β-unsaturated/α-hetero) is 1. The van der Waals surface area contributed by atoms with Gasteiger partial charge in [0, 0.05) is 6.42 Å². The Morgan fingerprint density at radius 3 is 2.67 bits per heavy atom. The van der Waals surface area contributed by atoms with Crippen LogP contribution in [0.3, 0.4) is 0 Å². The van der Waals surface area contributed by atoms with Crippen molar-refractivity contribution >= 4 is 5.78 Å². The van der Waals surface area contributed by atoms with Gasteiger partial charge in [-0.3, -0.25) is 4.79 Å². The zero-order valence-corrected chi connectivity index (χ0v) is 9.09. The Morgan fingerprint density at radius 2 is 2.13 bits per heavy atom. The fraction of sp³-hybridized carbons (Fsp3) is 0.417. The van der Waals surface area contributed by atoms with Crippen LogP contribution in [0.1, 0.15) is 18.9 Å². The first-order valence-electron chi connectivity index (χ1n) is 5.12. The van der Waals surface area contributed by atoms with Crippen molar-refractivity contribution in [2.45, 2.75) is 25.8 Å². The van der Waals surface area contributed by atoms with E-state index in [1.54, 1.807) is 25.2 Å². The molecule has 0 aliphatic carbocycles. The van der Waals surface area contributed by atoms with Crippen LogP contribution in [-0.4, -0.2) is 18.9 Å². The first-order valence-corrected chi connectivity index (χ1v) is 5.12. The molecule has 0 aliphatic rings. The highest BCUT2D eigenvalue weighted by atomic mass is 19.1. The molecule has 1 rings (SSSR count). The van der Waals surface area contributed by atoms with Crippen LogP contribution >= 0.6 is 0 Å². The lowest BCUT2D eigenvalue weighted by Gasteiger charge is -2.14. The van der Waals surface area contributed by atoms with Gasteiger partial charge in [0.05, 0.1) is 6.04 Å². The molecule has 1 atom stereocenters. The minimum atomic E-state index is -0.285. The summed E-state index contributed by atoms with van der Waals surface area (Å²) in [7, 11) is 1.72. The molecule has 0 amide bonds. The van der Waals surface area contributed by atoms with Crippen LogP contribution in [0, 0.1) is 5.82 Å². The van der Waals surface area contributed by atoms with Gasteiger partial charge in [-0.05, 0) is 25.1 Å². The molecule has 2 nitrogen and oxygen atoms in total. The summed E-state index contributed by atoms with van der Waals surface area (Å²) in [5, 5.41) is 2.91. The summed E-state index contributed by atoms with van der Waals surface area (Å²) < 4.78 is 13.3. The van der Waals surface area contributed by atoms with Crippen LogP contribution in [0.4, 0.5) is 4.39 Å². The van der Waals surface area contributed by atoms with Crippen LogP contribution in [-0.2, 0) is 11.2 Å². The summed E-state index contributed by atoms with van der Waals surface area (Å²) in [6, 6.07) is 6.27. The highest BCUT2D eigenvalue weighted by Gasteiger charge is 2.16. The van der Waals surface area contributed by atoms with E-state index in [4.69, 9.17) is 0 Å². The number of nitrogens with one attached hydrogen (secondary N) is 1. The summed E-state index contributed by atoms with van der Waals surface area (Å²) in [4.78, 5) is 11.5. The topological polar surface area (TPSA) is 29.1 Å². The number of carbonyl (C=O) groups is 1. The minimum absolute atomic E-state index is 0.112. The third-order valence-electron chi connectivity index (χ3n) is 2.47. The number of ketones is 1. The standard InChI is InChI=1S/C12H16FNO/c1-3-12(15)11(14-2)8-9-6-4-5-7-10(9)13/h4-7,11,14H,3,8H2,1-2H3. The van der Waals surface area contributed by atoms with Crippen molar-refractivity contribution in [3.63, 3.8) is 0 Å². The van der Waals surface area contributed by atoms with Crippen molar-refractivity contribution in [2.24, 2.45) is 0 Å². The Labute approximate surface area is 89.5 Å². The van der Waals surface area contributed by atoms with E-state index in [-0.39, 0.29) is 17.6 Å². The van der Waals surface area contributed by atoms with Crippen LogP contribution in [0.15, 0.2) is 24.3 Å². The lowest BCUT2D eigenvalue weighted by Crippen LogP contribution is -2.35. The molecular weight excluding hydrogens is 193 g/mol. The molecule has 1 aromatic rings. The first kappa shape index (κ1) is 11.9. The summed E-state index contributed by atoms with van der Waals surface area (Å²) in [5.41, 5.74) is 0.582. The number of benzene rings is 1. The maximum atomic E-state index is 13.3. The predicted octanol–water partition coefficient (Wildman–Crippen LogP) is 1.94. The Bertz CT molecular complexity index is 338. The molecule has 1 N–H and O–H groups in total. The SMILES string of the molecule is CCC(=O)C(Cc1ccccc1F)NC. The van der Waals surface area contributed by atoms with Gasteiger partial charge in [0.25, 0.3) is 0 Å². The third-order valence-corrected chi connectivity index (χ3v) is 2.47. The molecule has 0 aliphatic heterocycles. The second-order valence-electron chi connectivity index (χ2n) is 3.46. The van der Waals surface area contributed by atoms with Gasteiger partial charge in [-0.2, -0.15) is 0 Å². The fourth-order valence-corrected chi connectivity index (χ4v) is 1.51. The maximum Gasteiger partial charge on any atom is 0.149 e. The van der Waals surface area contributed by atoms with Crippen LogP contribution in [0.2, 0.25) is 0 Å². The average molecular weight is 209 g/mol. The number of halogens is 1. The van der Waals surface area contributed by atoms with E-state index in [1.165, 1.54) is 6.07 Å². The smallest absolute Gasteiger partial charge is 0.149 e.